The second-order valence-electron chi connectivity index (χ2n) is 4.56. The molecule has 1 amide bonds. The summed E-state index contributed by atoms with van der Waals surface area (Å²) in [5, 5.41) is 11.8. The first kappa shape index (κ1) is 12.9. The van der Waals surface area contributed by atoms with Gasteiger partial charge in [0.2, 0.25) is 5.91 Å². The van der Waals surface area contributed by atoms with Gasteiger partial charge >= 0.3 is 0 Å². The van der Waals surface area contributed by atoms with Crippen molar-refractivity contribution in [2.24, 2.45) is 0 Å². The minimum Gasteiger partial charge on any atom is -0.397 e. The van der Waals surface area contributed by atoms with Gasteiger partial charge in [0.25, 0.3) is 0 Å². The molecule has 18 heavy (non-hydrogen) atoms. The van der Waals surface area contributed by atoms with Gasteiger partial charge in [0, 0.05) is 12.6 Å². The van der Waals surface area contributed by atoms with Crippen molar-refractivity contribution in [2.75, 3.05) is 30.7 Å². The van der Waals surface area contributed by atoms with E-state index in [1.54, 1.807) is 12.1 Å². The number of nitrogens with one attached hydrogen (secondary N) is 1. The Labute approximate surface area is 107 Å². The van der Waals surface area contributed by atoms with Crippen LogP contribution in [0.1, 0.15) is 12.8 Å². The molecular formula is C13H19N3O2. The number of rotatable bonds is 6. The molecule has 0 unspecified atom stereocenters. The van der Waals surface area contributed by atoms with Crippen LogP contribution in [0, 0.1) is 0 Å². The van der Waals surface area contributed by atoms with Gasteiger partial charge in [-0.15, -0.1) is 0 Å². The summed E-state index contributed by atoms with van der Waals surface area (Å²) in [7, 11) is 0. The predicted octanol–water partition coefficient (Wildman–Crippen LogP) is 0.664. The first-order valence-electron chi connectivity index (χ1n) is 6.20. The Morgan fingerprint density at radius 2 is 2.17 bits per heavy atom. The normalized spacial score (nSPS) is 14.8. The fraction of sp³-hybridized carbons (Fsp3) is 0.462. The number of hydrogen-bond acceptors (Lipinski definition) is 4. The summed E-state index contributed by atoms with van der Waals surface area (Å²) in [6.07, 6.45) is 2.22. The lowest BCUT2D eigenvalue weighted by Crippen LogP contribution is -2.36. The van der Waals surface area contributed by atoms with Crippen LogP contribution in [0.25, 0.3) is 0 Å². The minimum absolute atomic E-state index is 0.0806. The average molecular weight is 249 g/mol. The second kappa shape index (κ2) is 5.84. The molecule has 4 N–H and O–H groups in total. The van der Waals surface area contributed by atoms with Crippen molar-refractivity contribution >= 4 is 17.3 Å². The molecule has 0 atom stereocenters. The smallest absolute Gasteiger partial charge is 0.238 e. The maximum Gasteiger partial charge on any atom is 0.238 e. The molecule has 0 radical (unpaired) electrons. The number of nitrogens with zero attached hydrogens (tertiary/aromatic N) is 1. The lowest BCUT2D eigenvalue weighted by Gasteiger charge is -2.20. The molecule has 0 aliphatic heterocycles. The Balaban J connectivity index is 1.89. The maximum absolute atomic E-state index is 11.9. The van der Waals surface area contributed by atoms with E-state index in [2.05, 4.69) is 5.32 Å². The number of hydrogen-bond donors (Lipinski definition) is 3. The number of nitrogen functional groups attached to an aromatic ring is 1. The standard InChI is InChI=1S/C13H19N3O2/c14-11-3-1-2-4-12(11)15-13(18)9-16(7-8-17)10-5-6-10/h1-4,10,17H,5-9,14H2,(H,15,18). The molecule has 1 aliphatic carbocycles. The SMILES string of the molecule is Nc1ccccc1NC(=O)CN(CCO)C1CC1. The van der Waals surface area contributed by atoms with Crippen LogP contribution < -0.4 is 11.1 Å². The second-order valence-corrected chi connectivity index (χ2v) is 4.56. The van der Waals surface area contributed by atoms with Crippen LogP contribution in [-0.4, -0.2) is 41.7 Å². The molecule has 1 saturated carbocycles. The number of carbonyl (C=O) groups is 1. The molecule has 1 aromatic carbocycles. The highest BCUT2D eigenvalue weighted by atomic mass is 16.3. The van der Waals surface area contributed by atoms with Gasteiger partial charge in [-0.2, -0.15) is 0 Å². The molecule has 1 aliphatic rings. The van der Waals surface area contributed by atoms with Gasteiger partial charge in [0.05, 0.1) is 24.5 Å². The summed E-state index contributed by atoms with van der Waals surface area (Å²) in [5.41, 5.74) is 6.96. The van der Waals surface area contributed by atoms with E-state index in [-0.39, 0.29) is 12.5 Å². The van der Waals surface area contributed by atoms with E-state index in [0.717, 1.165) is 12.8 Å². The van der Waals surface area contributed by atoms with E-state index in [1.807, 2.05) is 17.0 Å². The molecule has 0 bridgehead atoms. The van der Waals surface area contributed by atoms with Crippen molar-refractivity contribution in [1.29, 1.82) is 0 Å². The summed E-state index contributed by atoms with van der Waals surface area (Å²) in [6, 6.07) is 7.64. The molecular weight excluding hydrogens is 230 g/mol. The summed E-state index contributed by atoms with van der Waals surface area (Å²) in [6.45, 7) is 0.930. The van der Waals surface area contributed by atoms with Gasteiger partial charge in [-0.05, 0) is 25.0 Å². The van der Waals surface area contributed by atoms with Crippen molar-refractivity contribution in [1.82, 2.24) is 4.90 Å². The lowest BCUT2D eigenvalue weighted by molar-refractivity contribution is -0.117. The molecule has 0 heterocycles. The quantitative estimate of drug-likeness (QED) is 0.647. The number of anilines is 2. The average Bonchev–Trinajstić information content (AvgIpc) is 3.16. The van der Waals surface area contributed by atoms with Gasteiger partial charge in [-0.3, -0.25) is 9.69 Å². The Kier molecular flexibility index (Phi) is 4.17. The number of amides is 1. The first-order chi connectivity index (χ1) is 8.70. The third-order valence-corrected chi connectivity index (χ3v) is 3.03. The van der Waals surface area contributed by atoms with Gasteiger partial charge < -0.3 is 16.2 Å². The van der Waals surface area contributed by atoms with E-state index in [4.69, 9.17) is 10.8 Å². The fourth-order valence-corrected chi connectivity index (χ4v) is 1.94. The number of para-hydroxylation sites is 2. The maximum atomic E-state index is 11.9. The summed E-state index contributed by atoms with van der Waals surface area (Å²) < 4.78 is 0. The molecule has 2 rings (SSSR count). The Hall–Kier alpha value is -1.59. The van der Waals surface area contributed by atoms with E-state index < -0.39 is 0 Å². The van der Waals surface area contributed by atoms with Crippen LogP contribution >= 0.6 is 0 Å². The summed E-state index contributed by atoms with van der Waals surface area (Å²) in [4.78, 5) is 13.9. The van der Waals surface area contributed by atoms with Crippen LogP contribution in [0.2, 0.25) is 0 Å². The van der Waals surface area contributed by atoms with Crippen LogP contribution in [-0.2, 0) is 4.79 Å². The van der Waals surface area contributed by atoms with Gasteiger partial charge in [-0.1, -0.05) is 12.1 Å². The number of aliphatic hydroxyl groups excluding tert-OH is 1. The number of carbonyl (C=O) groups excluding carboxylic acids is 1. The molecule has 5 heteroatoms. The van der Waals surface area contributed by atoms with Crippen LogP contribution in [0.4, 0.5) is 11.4 Å². The van der Waals surface area contributed by atoms with Crippen molar-refractivity contribution < 1.29 is 9.90 Å². The zero-order chi connectivity index (χ0) is 13.0. The van der Waals surface area contributed by atoms with Gasteiger partial charge in [-0.25, -0.2) is 0 Å². The summed E-state index contributed by atoms with van der Waals surface area (Å²) in [5.74, 6) is -0.0896. The number of aliphatic hydroxyl groups is 1. The van der Waals surface area contributed by atoms with Crippen molar-refractivity contribution in [3.8, 4) is 0 Å². The zero-order valence-electron chi connectivity index (χ0n) is 10.3. The number of nitrogens with two attached hydrogens (primary N) is 1. The van der Waals surface area contributed by atoms with Crippen LogP contribution in [0.5, 0.6) is 0 Å². The van der Waals surface area contributed by atoms with Crippen molar-refractivity contribution in [3.05, 3.63) is 24.3 Å². The molecule has 5 nitrogen and oxygen atoms in total. The van der Waals surface area contributed by atoms with E-state index >= 15 is 0 Å². The monoisotopic (exact) mass is 249 g/mol. The largest absolute Gasteiger partial charge is 0.397 e. The van der Waals surface area contributed by atoms with E-state index in [9.17, 15) is 4.79 Å². The van der Waals surface area contributed by atoms with Crippen LogP contribution in [0.15, 0.2) is 24.3 Å². The highest BCUT2D eigenvalue weighted by Gasteiger charge is 2.29. The van der Waals surface area contributed by atoms with E-state index in [0.29, 0.717) is 30.5 Å². The van der Waals surface area contributed by atoms with Crippen molar-refractivity contribution in [2.45, 2.75) is 18.9 Å². The third kappa shape index (κ3) is 3.45. The minimum atomic E-state index is -0.0896. The number of benzene rings is 1. The molecule has 0 spiro atoms. The highest BCUT2D eigenvalue weighted by molar-refractivity contribution is 5.95. The van der Waals surface area contributed by atoms with Gasteiger partial charge in [0.15, 0.2) is 0 Å². The van der Waals surface area contributed by atoms with Gasteiger partial charge in [0.1, 0.15) is 0 Å². The molecule has 0 saturated heterocycles. The Morgan fingerprint density at radius 3 is 2.78 bits per heavy atom. The van der Waals surface area contributed by atoms with Crippen LogP contribution in [0.3, 0.4) is 0 Å². The predicted molar refractivity (Wildman–Crippen MR) is 71.2 cm³/mol. The molecule has 1 fully saturated rings. The van der Waals surface area contributed by atoms with Crippen molar-refractivity contribution in [3.63, 3.8) is 0 Å². The summed E-state index contributed by atoms with van der Waals surface area (Å²) >= 11 is 0. The Morgan fingerprint density at radius 1 is 1.44 bits per heavy atom. The Bertz CT molecular complexity index is 418. The molecule has 1 aromatic rings. The molecule has 0 aromatic heterocycles. The first-order valence-corrected chi connectivity index (χ1v) is 6.20. The molecule has 98 valence electrons. The fourth-order valence-electron chi connectivity index (χ4n) is 1.94. The third-order valence-electron chi connectivity index (χ3n) is 3.03. The highest BCUT2D eigenvalue weighted by Crippen LogP contribution is 2.26. The lowest BCUT2D eigenvalue weighted by atomic mass is 10.2. The van der Waals surface area contributed by atoms with E-state index in [1.165, 1.54) is 0 Å². The topological polar surface area (TPSA) is 78.6 Å². The zero-order valence-corrected chi connectivity index (χ0v) is 10.3.